The molecule has 0 bridgehead atoms. The normalized spacial score (nSPS) is 10.7. The van der Waals surface area contributed by atoms with E-state index in [1.165, 1.54) is 39.2 Å². The summed E-state index contributed by atoms with van der Waals surface area (Å²) < 4.78 is 27.5. The number of H-pyrrole nitrogens is 1. The van der Waals surface area contributed by atoms with Crippen LogP contribution in [0, 0.1) is 18.6 Å². The highest BCUT2D eigenvalue weighted by atomic mass is 19.1. The number of rotatable bonds is 4. The molecule has 0 aliphatic carbocycles. The van der Waals surface area contributed by atoms with E-state index < -0.39 is 29.4 Å². The number of carbonyl (C=O) groups is 3. The number of hydrogen-bond donors (Lipinski definition) is 4. The monoisotopic (exact) mass is 400 g/mol. The second-order valence-corrected chi connectivity index (χ2v) is 6.35. The lowest BCUT2D eigenvalue weighted by atomic mass is 10.1. The van der Waals surface area contributed by atoms with Crippen molar-refractivity contribution in [1.82, 2.24) is 15.6 Å². The molecule has 9 heteroatoms. The molecule has 29 heavy (non-hydrogen) atoms. The average molecular weight is 400 g/mol. The van der Waals surface area contributed by atoms with Crippen molar-refractivity contribution in [3.63, 3.8) is 0 Å². The maximum atomic E-state index is 14.1. The fourth-order valence-corrected chi connectivity index (χ4v) is 3.08. The van der Waals surface area contributed by atoms with E-state index in [1.54, 1.807) is 0 Å². The van der Waals surface area contributed by atoms with Crippen LogP contribution in [-0.4, -0.2) is 36.8 Å². The van der Waals surface area contributed by atoms with E-state index in [2.05, 4.69) is 20.9 Å². The summed E-state index contributed by atoms with van der Waals surface area (Å²) in [6.07, 6.45) is 0. The first-order chi connectivity index (χ1) is 13.7. The molecule has 150 valence electrons. The van der Waals surface area contributed by atoms with Crippen LogP contribution in [0.4, 0.5) is 14.5 Å². The third-order valence-corrected chi connectivity index (χ3v) is 4.46. The molecule has 0 aliphatic heterocycles. The summed E-state index contributed by atoms with van der Waals surface area (Å²) in [6, 6.07) is 6.04. The number of hydrogen-bond acceptors (Lipinski definition) is 3. The second-order valence-electron chi connectivity index (χ2n) is 6.35. The lowest BCUT2D eigenvalue weighted by Crippen LogP contribution is -2.22. The molecule has 7 nitrogen and oxygen atoms in total. The van der Waals surface area contributed by atoms with E-state index >= 15 is 0 Å². The second kappa shape index (κ2) is 7.70. The number of anilines is 1. The van der Waals surface area contributed by atoms with Gasteiger partial charge in [0.2, 0.25) is 0 Å². The molecule has 0 saturated carbocycles. The zero-order chi connectivity index (χ0) is 21.3. The van der Waals surface area contributed by atoms with Crippen LogP contribution < -0.4 is 16.0 Å². The Balaban J connectivity index is 2.01. The Kier molecular flexibility index (Phi) is 5.31. The first-order valence-corrected chi connectivity index (χ1v) is 8.63. The Morgan fingerprint density at radius 2 is 1.45 bits per heavy atom. The van der Waals surface area contributed by atoms with Gasteiger partial charge < -0.3 is 20.9 Å². The Morgan fingerprint density at radius 3 is 2.00 bits per heavy atom. The number of benzene rings is 2. The number of aromatic amines is 1. The predicted molar refractivity (Wildman–Crippen MR) is 104 cm³/mol. The summed E-state index contributed by atoms with van der Waals surface area (Å²) in [5.74, 6) is -3.06. The Morgan fingerprint density at radius 1 is 0.862 bits per heavy atom. The number of nitrogens with one attached hydrogen (secondary N) is 4. The Hall–Kier alpha value is -3.75. The highest BCUT2D eigenvalue weighted by Gasteiger charge is 2.19. The van der Waals surface area contributed by atoms with Crippen LogP contribution in [0.15, 0.2) is 30.3 Å². The van der Waals surface area contributed by atoms with Gasteiger partial charge in [0.15, 0.2) is 0 Å². The minimum atomic E-state index is -0.781. The Labute approximate surface area is 164 Å². The predicted octanol–water partition coefficient (Wildman–Crippen LogP) is 2.73. The zero-order valence-electron chi connectivity index (χ0n) is 15.9. The number of aromatic nitrogens is 1. The Bertz CT molecular complexity index is 1120. The molecular weight excluding hydrogens is 382 g/mol. The summed E-state index contributed by atoms with van der Waals surface area (Å²) in [6.45, 7) is 1.53. The fourth-order valence-electron chi connectivity index (χ4n) is 3.08. The molecule has 0 aliphatic rings. The van der Waals surface area contributed by atoms with Gasteiger partial charge in [0.25, 0.3) is 17.7 Å². The summed E-state index contributed by atoms with van der Waals surface area (Å²) in [4.78, 5) is 39.4. The summed E-state index contributed by atoms with van der Waals surface area (Å²) >= 11 is 0. The SMILES string of the molecule is CNC(=O)c1cc(NC(=O)c2[nH]c3cc(F)cc(F)c3c2C)cc(C(=O)NC)c1. The van der Waals surface area contributed by atoms with E-state index in [0.29, 0.717) is 5.56 Å². The molecule has 1 heterocycles. The molecule has 3 aromatic rings. The first kappa shape index (κ1) is 20.0. The molecule has 0 unspecified atom stereocenters. The van der Waals surface area contributed by atoms with Gasteiger partial charge in [-0.2, -0.15) is 0 Å². The van der Waals surface area contributed by atoms with Crippen molar-refractivity contribution < 1.29 is 23.2 Å². The molecule has 4 N–H and O–H groups in total. The van der Waals surface area contributed by atoms with Crippen LogP contribution in [0.2, 0.25) is 0 Å². The third-order valence-electron chi connectivity index (χ3n) is 4.46. The maximum absolute atomic E-state index is 14.1. The molecule has 2 aromatic carbocycles. The summed E-state index contributed by atoms with van der Waals surface area (Å²) in [7, 11) is 2.88. The third kappa shape index (κ3) is 3.79. The number of carbonyl (C=O) groups excluding carboxylic acids is 3. The van der Waals surface area contributed by atoms with Crippen molar-refractivity contribution >= 4 is 34.3 Å². The van der Waals surface area contributed by atoms with Crippen molar-refractivity contribution in [1.29, 1.82) is 0 Å². The fraction of sp³-hybridized carbons (Fsp3) is 0.150. The van der Waals surface area contributed by atoms with Crippen molar-refractivity contribution in [3.05, 3.63) is 64.4 Å². The first-order valence-electron chi connectivity index (χ1n) is 8.63. The molecule has 0 saturated heterocycles. The van der Waals surface area contributed by atoms with Gasteiger partial charge in [-0.05, 0) is 36.8 Å². The molecule has 0 spiro atoms. The number of amides is 3. The molecule has 0 radical (unpaired) electrons. The summed E-state index contributed by atoms with van der Waals surface area (Å²) in [5.41, 5.74) is 1.03. The van der Waals surface area contributed by atoms with E-state index in [-0.39, 0.29) is 33.4 Å². The highest BCUT2D eigenvalue weighted by molar-refractivity contribution is 6.09. The molecule has 0 fully saturated rings. The van der Waals surface area contributed by atoms with Gasteiger partial charge in [0.1, 0.15) is 17.3 Å². The van der Waals surface area contributed by atoms with E-state index in [4.69, 9.17) is 0 Å². The van der Waals surface area contributed by atoms with Crippen LogP contribution in [0.25, 0.3) is 10.9 Å². The van der Waals surface area contributed by atoms with Gasteiger partial charge in [-0.25, -0.2) is 8.78 Å². The summed E-state index contributed by atoms with van der Waals surface area (Å²) in [5, 5.41) is 7.60. The van der Waals surface area contributed by atoms with Crippen LogP contribution in [-0.2, 0) is 0 Å². The molecule has 3 rings (SSSR count). The van der Waals surface area contributed by atoms with Gasteiger partial charge in [-0.15, -0.1) is 0 Å². The lowest BCUT2D eigenvalue weighted by Gasteiger charge is -2.10. The van der Waals surface area contributed by atoms with Crippen molar-refractivity contribution in [2.24, 2.45) is 0 Å². The van der Waals surface area contributed by atoms with Gasteiger partial charge >= 0.3 is 0 Å². The van der Waals surface area contributed by atoms with Crippen LogP contribution in [0.5, 0.6) is 0 Å². The number of aryl methyl sites for hydroxylation is 1. The number of fused-ring (bicyclic) bond motifs is 1. The highest BCUT2D eigenvalue weighted by Crippen LogP contribution is 2.26. The van der Waals surface area contributed by atoms with Gasteiger partial charge in [0, 0.05) is 42.4 Å². The van der Waals surface area contributed by atoms with E-state index in [1.807, 2.05) is 0 Å². The maximum Gasteiger partial charge on any atom is 0.272 e. The molecule has 0 atom stereocenters. The largest absolute Gasteiger partial charge is 0.355 e. The minimum absolute atomic E-state index is 0.0383. The van der Waals surface area contributed by atoms with Crippen LogP contribution >= 0.6 is 0 Å². The van der Waals surface area contributed by atoms with E-state index in [0.717, 1.165) is 12.1 Å². The van der Waals surface area contributed by atoms with Gasteiger partial charge in [-0.3, -0.25) is 14.4 Å². The average Bonchev–Trinajstić information content (AvgIpc) is 3.02. The van der Waals surface area contributed by atoms with Crippen LogP contribution in [0.3, 0.4) is 0 Å². The van der Waals surface area contributed by atoms with Gasteiger partial charge in [0.05, 0.1) is 5.52 Å². The lowest BCUT2D eigenvalue weighted by molar-refractivity contribution is 0.0960. The molecule has 3 amide bonds. The topological polar surface area (TPSA) is 103 Å². The van der Waals surface area contributed by atoms with Crippen molar-refractivity contribution in [3.8, 4) is 0 Å². The van der Waals surface area contributed by atoms with E-state index in [9.17, 15) is 23.2 Å². The molecule has 1 aromatic heterocycles. The van der Waals surface area contributed by atoms with Gasteiger partial charge in [-0.1, -0.05) is 0 Å². The number of halogens is 2. The molecular formula is C20H18F2N4O3. The van der Waals surface area contributed by atoms with Crippen LogP contribution in [0.1, 0.15) is 36.8 Å². The standard InChI is InChI=1S/C20H18F2N4O3/c1-9-16-14(22)7-12(21)8-15(16)26-17(9)20(29)25-13-5-10(18(27)23-2)4-11(6-13)19(28)24-3/h4-8,26H,1-3H3,(H,23,27)(H,24,28)(H,25,29). The van der Waals surface area contributed by atoms with Crippen molar-refractivity contribution in [2.75, 3.05) is 19.4 Å². The minimum Gasteiger partial charge on any atom is -0.355 e. The zero-order valence-corrected chi connectivity index (χ0v) is 15.9. The smallest absolute Gasteiger partial charge is 0.272 e. The van der Waals surface area contributed by atoms with Crippen molar-refractivity contribution in [2.45, 2.75) is 6.92 Å². The quantitative estimate of drug-likeness (QED) is 0.541.